The molecule has 0 aromatic heterocycles. The largest absolute Gasteiger partial charge is 0.478 e. The van der Waals surface area contributed by atoms with Crippen LogP contribution in [-0.4, -0.2) is 28.4 Å². The van der Waals surface area contributed by atoms with Crippen LogP contribution in [0, 0.1) is 11.3 Å². The Morgan fingerprint density at radius 2 is 2.18 bits per heavy atom. The molecule has 1 rings (SSSR count). The lowest BCUT2D eigenvalue weighted by molar-refractivity contribution is -0.150. The first-order valence-corrected chi connectivity index (χ1v) is 5.16. The minimum absolute atomic E-state index is 0.162. The number of nitrogens with zero attached hydrogens (tertiary/aromatic N) is 1. The second kappa shape index (κ2) is 5.87. The van der Waals surface area contributed by atoms with Gasteiger partial charge in [0.2, 0.25) is 6.10 Å². The highest BCUT2D eigenvalue weighted by Gasteiger charge is 2.27. The molecular formula is C12H13NO4. The van der Waals surface area contributed by atoms with Crippen LogP contribution in [0.1, 0.15) is 18.9 Å². The molecule has 2 atom stereocenters. The normalized spacial score (nSPS) is 13.5. The Morgan fingerprint density at radius 3 is 2.71 bits per heavy atom. The lowest BCUT2D eigenvalue weighted by Gasteiger charge is -2.19. The van der Waals surface area contributed by atoms with Crippen LogP contribution in [-0.2, 0) is 4.79 Å². The van der Waals surface area contributed by atoms with Crippen LogP contribution in [0.5, 0.6) is 5.75 Å². The third kappa shape index (κ3) is 3.20. The van der Waals surface area contributed by atoms with E-state index in [1.54, 1.807) is 19.1 Å². The zero-order valence-electron chi connectivity index (χ0n) is 9.33. The molecule has 0 aliphatic rings. The van der Waals surface area contributed by atoms with Crippen LogP contribution in [0.4, 0.5) is 0 Å². The van der Waals surface area contributed by atoms with Crippen molar-refractivity contribution in [1.29, 1.82) is 5.26 Å². The first-order chi connectivity index (χ1) is 8.10. The molecule has 5 heteroatoms. The van der Waals surface area contributed by atoms with Crippen LogP contribution < -0.4 is 4.74 Å². The van der Waals surface area contributed by atoms with E-state index in [2.05, 4.69) is 0 Å². The lowest BCUT2D eigenvalue weighted by Crippen LogP contribution is -2.38. The van der Waals surface area contributed by atoms with Gasteiger partial charge in [0.25, 0.3) is 0 Å². The highest BCUT2D eigenvalue weighted by atomic mass is 16.5. The summed E-state index contributed by atoms with van der Waals surface area (Å²) in [6.07, 6.45) is -2.22. The molecule has 0 fully saturated rings. The quantitative estimate of drug-likeness (QED) is 0.799. The number of para-hydroxylation sites is 1. The van der Waals surface area contributed by atoms with E-state index in [1.807, 2.05) is 6.07 Å². The molecule has 0 bridgehead atoms. The van der Waals surface area contributed by atoms with E-state index in [0.29, 0.717) is 0 Å². The van der Waals surface area contributed by atoms with Crippen molar-refractivity contribution in [2.24, 2.45) is 0 Å². The molecular weight excluding hydrogens is 222 g/mol. The van der Waals surface area contributed by atoms with E-state index >= 15 is 0 Å². The van der Waals surface area contributed by atoms with Gasteiger partial charge in [0.05, 0.1) is 5.56 Å². The number of hydrogen-bond donors (Lipinski definition) is 2. The molecule has 0 aliphatic carbocycles. The fourth-order valence-corrected chi connectivity index (χ4v) is 1.31. The molecule has 1 aromatic carbocycles. The topological polar surface area (TPSA) is 90.5 Å². The summed E-state index contributed by atoms with van der Waals surface area (Å²) >= 11 is 0. The van der Waals surface area contributed by atoms with E-state index in [4.69, 9.17) is 15.1 Å². The van der Waals surface area contributed by atoms with Gasteiger partial charge < -0.3 is 14.9 Å². The highest BCUT2D eigenvalue weighted by Crippen LogP contribution is 2.19. The third-order valence-electron chi connectivity index (χ3n) is 2.27. The first-order valence-electron chi connectivity index (χ1n) is 5.16. The number of carboxylic acids is 1. The predicted octanol–water partition coefficient (Wildman–Crippen LogP) is 1.16. The molecule has 0 aliphatic heterocycles. The zero-order chi connectivity index (χ0) is 12.8. The van der Waals surface area contributed by atoms with Crippen LogP contribution in [0.25, 0.3) is 0 Å². The Hall–Kier alpha value is -2.06. The maximum Gasteiger partial charge on any atom is 0.347 e. The number of carbonyl (C=O) groups is 1. The summed E-state index contributed by atoms with van der Waals surface area (Å²) in [4.78, 5) is 10.9. The van der Waals surface area contributed by atoms with Gasteiger partial charge in [-0.2, -0.15) is 5.26 Å². The van der Waals surface area contributed by atoms with Gasteiger partial charge in [-0.05, 0) is 18.6 Å². The van der Waals surface area contributed by atoms with Crippen LogP contribution in [0.3, 0.4) is 0 Å². The van der Waals surface area contributed by atoms with Gasteiger partial charge in [-0.3, -0.25) is 0 Å². The van der Waals surface area contributed by atoms with Crippen molar-refractivity contribution in [2.45, 2.75) is 25.6 Å². The van der Waals surface area contributed by atoms with Crippen LogP contribution in [0.15, 0.2) is 24.3 Å². The number of nitriles is 1. The molecule has 5 nitrogen and oxygen atoms in total. The molecule has 0 spiro atoms. The Bertz CT molecular complexity index is 438. The van der Waals surface area contributed by atoms with E-state index < -0.39 is 18.2 Å². The average Bonchev–Trinajstić information content (AvgIpc) is 2.35. The third-order valence-corrected chi connectivity index (χ3v) is 2.27. The second-order valence-electron chi connectivity index (χ2n) is 3.46. The minimum Gasteiger partial charge on any atom is -0.478 e. The molecule has 0 saturated heterocycles. The monoisotopic (exact) mass is 235 g/mol. The maximum absolute atomic E-state index is 10.9. The van der Waals surface area contributed by atoms with Crippen molar-refractivity contribution in [2.75, 3.05) is 0 Å². The molecule has 90 valence electrons. The van der Waals surface area contributed by atoms with Gasteiger partial charge in [-0.25, -0.2) is 4.79 Å². The second-order valence-corrected chi connectivity index (χ2v) is 3.46. The summed E-state index contributed by atoms with van der Waals surface area (Å²) in [5.41, 5.74) is 0.238. The standard InChI is InChI=1S/C12H13NO4/c1-2-9(14)11(12(15)16)17-10-6-4-3-5-8(10)7-13/h3-6,9,11,14H,2H2,1H3,(H,15,16)/t9-,11-/m1/s1. The summed E-state index contributed by atoms with van der Waals surface area (Å²) in [6, 6.07) is 8.20. The number of aliphatic hydroxyl groups is 1. The van der Waals surface area contributed by atoms with Gasteiger partial charge in [0, 0.05) is 0 Å². The number of carboxylic acid groups (broad SMARTS) is 1. The Morgan fingerprint density at radius 1 is 1.53 bits per heavy atom. The van der Waals surface area contributed by atoms with E-state index in [9.17, 15) is 9.90 Å². The van der Waals surface area contributed by atoms with E-state index in [-0.39, 0.29) is 17.7 Å². The highest BCUT2D eigenvalue weighted by molar-refractivity contribution is 5.73. The van der Waals surface area contributed by atoms with Gasteiger partial charge in [-0.15, -0.1) is 0 Å². The number of benzene rings is 1. The van der Waals surface area contributed by atoms with Crippen molar-refractivity contribution >= 4 is 5.97 Å². The van der Waals surface area contributed by atoms with Crippen LogP contribution >= 0.6 is 0 Å². The van der Waals surface area contributed by atoms with Gasteiger partial charge in [0.1, 0.15) is 17.9 Å². The number of aliphatic carboxylic acids is 1. The number of rotatable bonds is 5. The predicted molar refractivity (Wildman–Crippen MR) is 59.5 cm³/mol. The van der Waals surface area contributed by atoms with Crippen molar-refractivity contribution in [3.63, 3.8) is 0 Å². The summed E-state index contributed by atoms with van der Waals surface area (Å²) in [7, 11) is 0. The fraction of sp³-hybridized carbons (Fsp3) is 0.333. The summed E-state index contributed by atoms with van der Waals surface area (Å²) in [5, 5.41) is 27.3. The molecule has 0 radical (unpaired) electrons. The number of hydrogen-bond acceptors (Lipinski definition) is 4. The molecule has 17 heavy (non-hydrogen) atoms. The average molecular weight is 235 g/mol. The summed E-state index contributed by atoms with van der Waals surface area (Å²) in [5.74, 6) is -1.10. The Kier molecular flexibility index (Phi) is 4.49. The van der Waals surface area contributed by atoms with Crippen molar-refractivity contribution < 1.29 is 19.7 Å². The van der Waals surface area contributed by atoms with Crippen molar-refractivity contribution in [1.82, 2.24) is 0 Å². The fourth-order valence-electron chi connectivity index (χ4n) is 1.31. The van der Waals surface area contributed by atoms with Crippen molar-refractivity contribution in [3.05, 3.63) is 29.8 Å². The number of ether oxygens (including phenoxy) is 1. The van der Waals surface area contributed by atoms with E-state index in [1.165, 1.54) is 12.1 Å². The SMILES string of the molecule is CC[C@@H](O)[C@@H](Oc1ccccc1C#N)C(=O)O. The molecule has 0 heterocycles. The Balaban J connectivity index is 2.94. The van der Waals surface area contributed by atoms with Crippen LogP contribution in [0.2, 0.25) is 0 Å². The lowest BCUT2D eigenvalue weighted by atomic mass is 10.1. The summed E-state index contributed by atoms with van der Waals surface area (Å²) in [6.45, 7) is 1.65. The van der Waals surface area contributed by atoms with E-state index in [0.717, 1.165) is 0 Å². The van der Waals surface area contributed by atoms with Gasteiger partial charge >= 0.3 is 5.97 Å². The zero-order valence-corrected chi connectivity index (χ0v) is 9.33. The first kappa shape index (κ1) is 13.0. The van der Waals surface area contributed by atoms with Gasteiger partial charge in [-0.1, -0.05) is 19.1 Å². The minimum atomic E-state index is -1.37. The summed E-state index contributed by atoms with van der Waals surface area (Å²) < 4.78 is 5.18. The number of aliphatic hydroxyl groups excluding tert-OH is 1. The Labute approximate surface area is 98.9 Å². The smallest absolute Gasteiger partial charge is 0.347 e. The van der Waals surface area contributed by atoms with Crippen molar-refractivity contribution in [3.8, 4) is 11.8 Å². The maximum atomic E-state index is 10.9. The van der Waals surface area contributed by atoms with Gasteiger partial charge in [0.15, 0.2) is 0 Å². The molecule has 0 unspecified atom stereocenters. The molecule has 2 N–H and O–H groups in total. The molecule has 1 aromatic rings. The molecule has 0 saturated carbocycles. The molecule has 0 amide bonds.